The van der Waals surface area contributed by atoms with Crippen molar-refractivity contribution in [1.82, 2.24) is 14.5 Å². The second-order valence-corrected chi connectivity index (χ2v) is 13.3. The van der Waals surface area contributed by atoms with Gasteiger partial charge in [-0.05, 0) is 42.2 Å². The van der Waals surface area contributed by atoms with Crippen LogP contribution in [-0.2, 0) is 37.9 Å². The van der Waals surface area contributed by atoms with Crippen molar-refractivity contribution >= 4 is 50.0 Å². The molecule has 37 heavy (non-hydrogen) atoms. The van der Waals surface area contributed by atoms with Crippen molar-refractivity contribution in [2.24, 2.45) is 5.92 Å². The van der Waals surface area contributed by atoms with Gasteiger partial charge in [-0.25, -0.2) is 13.4 Å². The summed E-state index contributed by atoms with van der Waals surface area (Å²) in [7, 11) is -3.10. The highest BCUT2D eigenvalue weighted by atomic mass is 35.5. The number of benzene rings is 2. The van der Waals surface area contributed by atoms with Crippen LogP contribution in [0.1, 0.15) is 38.1 Å². The molecule has 0 saturated carbocycles. The lowest BCUT2D eigenvalue weighted by atomic mass is 9.74. The summed E-state index contributed by atoms with van der Waals surface area (Å²) < 4.78 is 25.4. The third kappa shape index (κ3) is 4.75. The number of aryl methyl sites for hydroxylation is 1. The van der Waals surface area contributed by atoms with Gasteiger partial charge in [0, 0.05) is 43.0 Å². The average Bonchev–Trinajstić information content (AvgIpc) is 3.23. The molecule has 1 saturated heterocycles. The number of hydrogen-bond acceptors (Lipinski definition) is 5. The van der Waals surface area contributed by atoms with Crippen molar-refractivity contribution in [1.29, 1.82) is 0 Å². The first-order chi connectivity index (χ1) is 17.5. The fourth-order valence-electron chi connectivity index (χ4n) is 5.47. The van der Waals surface area contributed by atoms with Crippen LogP contribution in [0.3, 0.4) is 0 Å². The summed E-state index contributed by atoms with van der Waals surface area (Å²) in [5.74, 6) is 1.03. The minimum Gasteiger partial charge on any atom is -0.340 e. The highest BCUT2D eigenvalue weighted by molar-refractivity contribution is 7.90. The Morgan fingerprint density at radius 1 is 1.16 bits per heavy atom. The molecule has 0 unspecified atom stereocenters. The van der Waals surface area contributed by atoms with Crippen molar-refractivity contribution in [2.75, 3.05) is 30.0 Å². The van der Waals surface area contributed by atoms with Gasteiger partial charge in [-0.3, -0.25) is 9.59 Å². The number of carbonyl (C=O) groups is 2. The number of anilines is 1. The number of hydrogen-bond donors (Lipinski definition) is 0. The molecule has 0 radical (unpaired) electrons. The molecule has 1 fully saturated rings. The second kappa shape index (κ2) is 9.44. The molecule has 196 valence electrons. The number of nitrogens with zero attached hydrogens (tertiary/aromatic N) is 4. The molecule has 2 amide bonds. The van der Waals surface area contributed by atoms with Crippen LogP contribution in [0.2, 0.25) is 5.02 Å². The van der Waals surface area contributed by atoms with Crippen LogP contribution in [0, 0.1) is 5.92 Å². The number of para-hydroxylation sites is 1. The van der Waals surface area contributed by atoms with E-state index in [4.69, 9.17) is 16.6 Å². The number of imidazole rings is 1. The fraction of sp³-hybridized carbons (Fsp3) is 0.444. The first-order valence-electron chi connectivity index (χ1n) is 12.5. The molecule has 2 aliphatic rings. The molecule has 2 aliphatic heterocycles. The Labute approximate surface area is 222 Å². The third-order valence-corrected chi connectivity index (χ3v) is 8.47. The van der Waals surface area contributed by atoms with Gasteiger partial charge in [0.1, 0.15) is 21.1 Å². The quantitative estimate of drug-likeness (QED) is 0.432. The molecule has 0 aliphatic carbocycles. The molecule has 3 heterocycles. The lowest BCUT2D eigenvalue weighted by molar-refractivity contribution is -0.144. The first kappa shape index (κ1) is 25.7. The van der Waals surface area contributed by atoms with Gasteiger partial charge in [-0.15, -0.1) is 0 Å². The number of rotatable bonds is 8. The van der Waals surface area contributed by atoms with Crippen LogP contribution >= 0.6 is 11.6 Å². The Kier molecular flexibility index (Phi) is 6.56. The van der Waals surface area contributed by atoms with E-state index >= 15 is 0 Å². The molecule has 10 heteroatoms. The van der Waals surface area contributed by atoms with Crippen molar-refractivity contribution in [3.63, 3.8) is 0 Å². The van der Waals surface area contributed by atoms with E-state index in [2.05, 4.69) is 0 Å². The third-order valence-electron chi connectivity index (χ3n) is 7.21. The normalized spacial score (nSPS) is 16.6. The number of likely N-dealkylation sites (tertiary alicyclic amines) is 1. The van der Waals surface area contributed by atoms with E-state index in [-0.39, 0.29) is 30.0 Å². The summed E-state index contributed by atoms with van der Waals surface area (Å²) in [4.78, 5) is 34.9. The zero-order valence-corrected chi connectivity index (χ0v) is 22.8. The molecular formula is C27H31ClN4O4S. The predicted molar refractivity (Wildman–Crippen MR) is 144 cm³/mol. The second-order valence-electron chi connectivity index (χ2n) is 10.6. The Hall–Kier alpha value is -2.91. The van der Waals surface area contributed by atoms with Crippen LogP contribution in [0.15, 0.2) is 42.5 Å². The monoisotopic (exact) mass is 542 g/mol. The first-order valence-corrected chi connectivity index (χ1v) is 14.9. The van der Waals surface area contributed by atoms with Crippen LogP contribution in [-0.4, -0.2) is 59.8 Å². The van der Waals surface area contributed by atoms with Gasteiger partial charge in [0.15, 0.2) is 0 Å². The average molecular weight is 543 g/mol. The lowest BCUT2D eigenvalue weighted by Gasteiger charge is -2.47. The van der Waals surface area contributed by atoms with E-state index in [0.717, 1.165) is 16.8 Å². The van der Waals surface area contributed by atoms with Gasteiger partial charge in [0.05, 0.1) is 23.3 Å². The van der Waals surface area contributed by atoms with Crippen molar-refractivity contribution in [3.8, 4) is 0 Å². The van der Waals surface area contributed by atoms with Gasteiger partial charge in [-0.2, -0.15) is 0 Å². The maximum atomic E-state index is 13.9. The number of halogens is 1. The number of aromatic nitrogens is 2. The lowest BCUT2D eigenvalue weighted by Crippen LogP contribution is -2.65. The molecule has 3 aromatic rings. The Balaban J connectivity index is 1.46. The van der Waals surface area contributed by atoms with Crippen LogP contribution < -0.4 is 4.90 Å². The Morgan fingerprint density at radius 3 is 2.59 bits per heavy atom. The molecule has 0 N–H and O–H groups in total. The molecular weight excluding hydrogens is 512 g/mol. The zero-order valence-electron chi connectivity index (χ0n) is 21.3. The SMILES string of the molecule is CC(C)CC(=O)N1CC2(C1)C(=O)N(Cc1nc3cc(Cl)ccc3n1CCCS(C)(=O)=O)c1ccccc12. The van der Waals surface area contributed by atoms with E-state index in [0.29, 0.717) is 48.8 Å². The number of carbonyl (C=O) groups excluding carboxylic acids is 2. The number of amides is 2. The van der Waals surface area contributed by atoms with E-state index in [1.807, 2.05) is 48.7 Å². The summed E-state index contributed by atoms with van der Waals surface area (Å²) >= 11 is 6.21. The van der Waals surface area contributed by atoms with Gasteiger partial charge in [-0.1, -0.05) is 43.6 Å². The summed E-state index contributed by atoms with van der Waals surface area (Å²) in [6.45, 7) is 5.48. The molecule has 1 spiro atoms. The Bertz CT molecular complexity index is 1490. The van der Waals surface area contributed by atoms with Gasteiger partial charge < -0.3 is 14.4 Å². The molecule has 8 nitrogen and oxygen atoms in total. The summed E-state index contributed by atoms with van der Waals surface area (Å²) in [5.41, 5.74) is 2.58. The molecule has 2 aromatic carbocycles. The van der Waals surface area contributed by atoms with E-state index in [1.165, 1.54) is 6.26 Å². The van der Waals surface area contributed by atoms with Crippen LogP contribution in [0.5, 0.6) is 0 Å². The van der Waals surface area contributed by atoms with Crippen molar-refractivity contribution < 1.29 is 18.0 Å². The van der Waals surface area contributed by atoms with E-state index in [1.54, 1.807) is 21.9 Å². The topological polar surface area (TPSA) is 92.6 Å². The highest BCUT2D eigenvalue weighted by Gasteiger charge is 2.59. The minimum absolute atomic E-state index is 0.0323. The number of fused-ring (bicyclic) bond motifs is 3. The molecule has 0 bridgehead atoms. The van der Waals surface area contributed by atoms with Gasteiger partial charge in [0.2, 0.25) is 11.8 Å². The van der Waals surface area contributed by atoms with Crippen LogP contribution in [0.25, 0.3) is 11.0 Å². The largest absolute Gasteiger partial charge is 0.340 e. The molecule has 0 atom stereocenters. The standard InChI is InChI=1S/C27H31ClN4O4S/c1-18(2)13-25(33)30-16-27(17-30)20-7-4-5-8-22(20)32(26(27)34)15-24-29-21-14-19(28)9-10-23(21)31(24)11-6-12-37(3,35)36/h4-5,7-10,14,18H,6,11-13,15-17H2,1-3H3. The van der Waals surface area contributed by atoms with Gasteiger partial charge >= 0.3 is 0 Å². The predicted octanol–water partition coefficient (Wildman–Crippen LogP) is 3.80. The van der Waals surface area contributed by atoms with Crippen molar-refractivity contribution in [3.05, 3.63) is 58.9 Å². The fourth-order valence-corrected chi connectivity index (χ4v) is 6.29. The number of sulfone groups is 1. The molecule has 5 rings (SSSR count). The zero-order chi connectivity index (χ0) is 26.5. The van der Waals surface area contributed by atoms with E-state index < -0.39 is 15.3 Å². The summed E-state index contributed by atoms with van der Waals surface area (Å²) in [6.07, 6.45) is 2.13. The smallest absolute Gasteiger partial charge is 0.241 e. The highest BCUT2D eigenvalue weighted by Crippen LogP contribution is 2.48. The van der Waals surface area contributed by atoms with E-state index in [9.17, 15) is 18.0 Å². The maximum absolute atomic E-state index is 13.9. The Morgan fingerprint density at radius 2 is 1.89 bits per heavy atom. The van der Waals surface area contributed by atoms with Gasteiger partial charge in [0.25, 0.3) is 0 Å². The summed E-state index contributed by atoms with van der Waals surface area (Å²) in [6, 6.07) is 13.2. The van der Waals surface area contributed by atoms with Crippen LogP contribution in [0.4, 0.5) is 5.69 Å². The minimum atomic E-state index is -3.10. The molecule has 1 aromatic heterocycles. The van der Waals surface area contributed by atoms with Crippen molar-refractivity contribution in [2.45, 2.75) is 45.2 Å². The maximum Gasteiger partial charge on any atom is 0.241 e. The summed E-state index contributed by atoms with van der Waals surface area (Å²) in [5, 5.41) is 0.557.